The highest BCUT2D eigenvalue weighted by molar-refractivity contribution is 6.11. The van der Waals surface area contributed by atoms with Gasteiger partial charge in [-0.05, 0) is 48.4 Å². The van der Waals surface area contributed by atoms with Gasteiger partial charge in [0, 0.05) is 18.0 Å². The summed E-state index contributed by atoms with van der Waals surface area (Å²) in [6, 6.07) is 17.2. The molecule has 0 saturated heterocycles. The Morgan fingerprint density at radius 1 is 1.07 bits per heavy atom. The van der Waals surface area contributed by atoms with Gasteiger partial charge >= 0.3 is 0 Å². The third-order valence-electron chi connectivity index (χ3n) is 5.12. The topological polar surface area (TPSA) is 63.7 Å². The van der Waals surface area contributed by atoms with E-state index in [9.17, 15) is 4.79 Å². The number of nitrogens with one attached hydrogen (secondary N) is 1. The maximum absolute atomic E-state index is 13.3. The van der Waals surface area contributed by atoms with Crippen LogP contribution in [0.2, 0.25) is 0 Å². The van der Waals surface area contributed by atoms with Crippen LogP contribution in [0, 0.1) is 0 Å². The van der Waals surface area contributed by atoms with E-state index in [1.165, 1.54) is 5.56 Å². The minimum Gasteiger partial charge on any atom is -0.497 e. The molecule has 4 rings (SSSR count). The van der Waals surface area contributed by atoms with Crippen LogP contribution in [0.5, 0.6) is 11.5 Å². The summed E-state index contributed by atoms with van der Waals surface area (Å²) in [5.41, 5.74) is 4.03. The molecular formula is C23H23N3O3. The van der Waals surface area contributed by atoms with Crippen molar-refractivity contribution >= 4 is 17.3 Å². The van der Waals surface area contributed by atoms with Gasteiger partial charge in [-0.25, -0.2) is 0 Å². The van der Waals surface area contributed by atoms with Gasteiger partial charge in [0.25, 0.3) is 5.91 Å². The van der Waals surface area contributed by atoms with Crippen LogP contribution in [0.4, 0.5) is 11.4 Å². The number of pyridine rings is 1. The highest BCUT2D eigenvalue weighted by atomic mass is 16.5. The minimum atomic E-state index is -0.466. The normalized spacial score (nSPS) is 15.2. The van der Waals surface area contributed by atoms with Crippen LogP contribution in [0.3, 0.4) is 0 Å². The van der Waals surface area contributed by atoms with Crippen LogP contribution in [0.25, 0.3) is 0 Å². The highest BCUT2D eigenvalue weighted by Gasteiger charge is 2.40. The molecule has 148 valence electrons. The Labute approximate surface area is 170 Å². The number of ether oxygens (including phenoxy) is 2. The van der Waals surface area contributed by atoms with Gasteiger partial charge in [-0.1, -0.05) is 19.1 Å². The molecule has 6 nitrogen and oxygen atoms in total. The lowest BCUT2D eigenvalue weighted by atomic mass is 10.1. The van der Waals surface area contributed by atoms with E-state index >= 15 is 0 Å². The molecule has 0 bridgehead atoms. The first kappa shape index (κ1) is 18.8. The number of nitrogens with zero attached hydrogens (tertiary/aromatic N) is 2. The lowest BCUT2D eigenvalue weighted by Gasteiger charge is -2.28. The molecule has 2 aromatic carbocycles. The van der Waals surface area contributed by atoms with Crippen LogP contribution in [-0.2, 0) is 6.42 Å². The first-order valence-electron chi connectivity index (χ1n) is 9.52. The number of carbonyl (C=O) groups excluding carboxylic acids is 1. The number of aromatic nitrogens is 1. The van der Waals surface area contributed by atoms with E-state index < -0.39 is 6.17 Å². The van der Waals surface area contributed by atoms with Gasteiger partial charge in [-0.15, -0.1) is 0 Å². The molecule has 2 heterocycles. The predicted octanol–water partition coefficient (Wildman–Crippen LogP) is 4.43. The summed E-state index contributed by atoms with van der Waals surface area (Å²) in [5.74, 6) is 1.09. The van der Waals surface area contributed by atoms with Gasteiger partial charge < -0.3 is 14.8 Å². The van der Waals surface area contributed by atoms with Crippen molar-refractivity contribution in [1.29, 1.82) is 0 Å². The first-order valence-corrected chi connectivity index (χ1v) is 9.52. The molecule has 0 saturated carbocycles. The van der Waals surface area contributed by atoms with Crippen molar-refractivity contribution in [2.45, 2.75) is 19.5 Å². The summed E-state index contributed by atoms with van der Waals surface area (Å²) >= 11 is 0. The molecule has 1 unspecified atom stereocenters. The van der Waals surface area contributed by atoms with E-state index in [2.05, 4.69) is 29.4 Å². The second-order valence-electron chi connectivity index (χ2n) is 6.75. The average molecular weight is 389 g/mol. The molecule has 0 fully saturated rings. The molecule has 1 atom stereocenters. The van der Waals surface area contributed by atoms with Crippen molar-refractivity contribution in [3.05, 3.63) is 77.6 Å². The van der Waals surface area contributed by atoms with Gasteiger partial charge in [-0.3, -0.25) is 14.7 Å². The molecule has 6 heteroatoms. The average Bonchev–Trinajstić information content (AvgIpc) is 3.05. The van der Waals surface area contributed by atoms with E-state index in [0.29, 0.717) is 28.4 Å². The second-order valence-corrected chi connectivity index (χ2v) is 6.75. The van der Waals surface area contributed by atoms with Crippen LogP contribution in [0.1, 0.15) is 34.7 Å². The SMILES string of the molecule is CCc1ccc(NC2c3ncccc3C(=O)N2c2cc(OC)ccc2OC)cc1. The Hall–Kier alpha value is -3.54. The predicted molar refractivity (Wildman–Crippen MR) is 113 cm³/mol. The number of rotatable bonds is 6. The van der Waals surface area contributed by atoms with E-state index in [0.717, 1.165) is 12.1 Å². The molecule has 1 N–H and O–H groups in total. The van der Waals surface area contributed by atoms with Crippen LogP contribution >= 0.6 is 0 Å². The fraction of sp³-hybridized carbons (Fsp3) is 0.217. The molecule has 0 spiro atoms. The second kappa shape index (κ2) is 7.83. The summed E-state index contributed by atoms with van der Waals surface area (Å²) in [5, 5.41) is 3.46. The number of fused-ring (bicyclic) bond motifs is 1. The number of aryl methyl sites for hydroxylation is 1. The van der Waals surface area contributed by atoms with E-state index in [-0.39, 0.29) is 5.91 Å². The Morgan fingerprint density at radius 3 is 2.55 bits per heavy atom. The molecule has 1 aromatic heterocycles. The summed E-state index contributed by atoms with van der Waals surface area (Å²) in [4.78, 5) is 19.5. The monoisotopic (exact) mass is 389 g/mol. The number of methoxy groups -OCH3 is 2. The van der Waals surface area contributed by atoms with Gasteiger partial charge in [-0.2, -0.15) is 0 Å². The lowest BCUT2D eigenvalue weighted by molar-refractivity contribution is 0.0992. The number of anilines is 2. The van der Waals surface area contributed by atoms with Crippen LogP contribution < -0.4 is 19.7 Å². The fourth-order valence-electron chi connectivity index (χ4n) is 3.55. The maximum Gasteiger partial charge on any atom is 0.262 e. The van der Waals surface area contributed by atoms with Gasteiger partial charge in [0.15, 0.2) is 6.17 Å². The quantitative estimate of drug-likeness (QED) is 0.676. The molecule has 1 amide bonds. The number of carbonyl (C=O) groups is 1. The van der Waals surface area contributed by atoms with E-state index in [1.54, 1.807) is 55.6 Å². The number of amides is 1. The molecule has 29 heavy (non-hydrogen) atoms. The largest absolute Gasteiger partial charge is 0.497 e. The number of hydrogen-bond acceptors (Lipinski definition) is 5. The third-order valence-corrected chi connectivity index (χ3v) is 5.12. The maximum atomic E-state index is 13.3. The molecule has 3 aromatic rings. The van der Waals surface area contributed by atoms with Crippen LogP contribution in [-0.4, -0.2) is 25.1 Å². The first-order chi connectivity index (χ1) is 14.2. The molecule has 1 aliphatic heterocycles. The highest BCUT2D eigenvalue weighted by Crippen LogP contribution is 2.42. The molecule has 1 aliphatic rings. The summed E-state index contributed by atoms with van der Waals surface area (Å²) < 4.78 is 10.9. The zero-order valence-corrected chi connectivity index (χ0v) is 16.7. The van der Waals surface area contributed by atoms with Crippen molar-refractivity contribution < 1.29 is 14.3 Å². The molecule has 0 aliphatic carbocycles. The van der Waals surface area contributed by atoms with Crippen molar-refractivity contribution in [3.8, 4) is 11.5 Å². The zero-order chi connectivity index (χ0) is 20.4. The van der Waals surface area contributed by atoms with E-state index in [1.807, 2.05) is 12.1 Å². The Kier molecular flexibility index (Phi) is 5.08. The fourth-order valence-corrected chi connectivity index (χ4v) is 3.55. The standard InChI is InChI=1S/C23H23N3O3/c1-4-15-7-9-16(10-8-15)25-22-21-18(6-5-13-24-21)23(27)26(22)19-14-17(28-2)11-12-20(19)29-3/h5-14,22,25H,4H2,1-3H3. The Bertz CT molecular complexity index is 1030. The van der Waals surface area contributed by atoms with Crippen LogP contribution in [0.15, 0.2) is 60.8 Å². The number of hydrogen-bond donors (Lipinski definition) is 1. The van der Waals surface area contributed by atoms with Gasteiger partial charge in [0.1, 0.15) is 11.5 Å². The van der Waals surface area contributed by atoms with E-state index in [4.69, 9.17) is 9.47 Å². The van der Waals surface area contributed by atoms with Crippen molar-refractivity contribution in [1.82, 2.24) is 4.98 Å². The summed E-state index contributed by atoms with van der Waals surface area (Å²) in [6.45, 7) is 2.12. The summed E-state index contributed by atoms with van der Waals surface area (Å²) in [7, 11) is 3.18. The van der Waals surface area contributed by atoms with Gasteiger partial charge in [0.05, 0.1) is 31.2 Å². The smallest absolute Gasteiger partial charge is 0.262 e. The van der Waals surface area contributed by atoms with Crippen molar-refractivity contribution in [2.24, 2.45) is 0 Å². The van der Waals surface area contributed by atoms with Crippen molar-refractivity contribution in [3.63, 3.8) is 0 Å². The third kappa shape index (κ3) is 3.38. The minimum absolute atomic E-state index is 0.137. The molecular weight excluding hydrogens is 366 g/mol. The Morgan fingerprint density at radius 2 is 1.86 bits per heavy atom. The zero-order valence-electron chi connectivity index (χ0n) is 16.7. The lowest BCUT2D eigenvalue weighted by Crippen LogP contribution is -2.32. The Balaban J connectivity index is 1.80. The molecule has 0 radical (unpaired) electrons. The number of benzene rings is 2. The van der Waals surface area contributed by atoms with Crippen molar-refractivity contribution in [2.75, 3.05) is 24.4 Å². The van der Waals surface area contributed by atoms with Gasteiger partial charge in [0.2, 0.25) is 0 Å². The summed E-state index contributed by atoms with van der Waals surface area (Å²) in [6.07, 6.45) is 2.21.